The van der Waals surface area contributed by atoms with Crippen molar-refractivity contribution < 1.29 is 35.5 Å². The van der Waals surface area contributed by atoms with Crippen LogP contribution in [-0.4, -0.2) is 6.11 Å². The molecule has 0 amide bonds. The lowest BCUT2D eigenvalue weighted by Crippen LogP contribution is -2.29. The Balaban J connectivity index is 1.52. The van der Waals surface area contributed by atoms with Gasteiger partial charge in [-0.25, -0.2) is 22.0 Å². The molecule has 0 N–H and O–H groups in total. The Morgan fingerprint density at radius 3 is 1.82 bits per heavy atom. The van der Waals surface area contributed by atoms with Crippen molar-refractivity contribution in [3.8, 4) is 16.9 Å². The molecule has 0 spiro atoms. The monoisotopic (exact) mass is 482 g/mol. The van der Waals surface area contributed by atoms with Gasteiger partial charge in [0.1, 0.15) is 17.4 Å². The van der Waals surface area contributed by atoms with Crippen LogP contribution < -0.4 is 4.74 Å². The molecule has 0 saturated heterocycles. The molecule has 0 heterocycles. The van der Waals surface area contributed by atoms with Crippen LogP contribution >= 0.6 is 0 Å². The first kappa shape index (κ1) is 24.1. The lowest BCUT2D eigenvalue weighted by molar-refractivity contribution is -0.175. The van der Waals surface area contributed by atoms with Crippen molar-refractivity contribution in [3.05, 3.63) is 88.7 Å². The fourth-order valence-corrected chi connectivity index (χ4v) is 4.33. The molecule has 0 radical (unpaired) electrons. The number of hydrogen-bond donors (Lipinski definition) is 0. The summed E-state index contributed by atoms with van der Waals surface area (Å²) >= 11 is 0. The van der Waals surface area contributed by atoms with E-state index in [-0.39, 0.29) is 17.7 Å². The smallest absolute Gasteiger partial charge is 0.402 e. The minimum atomic E-state index is -4.22. The van der Waals surface area contributed by atoms with Crippen LogP contribution in [0.15, 0.2) is 48.5 Å². The lowest BCUT2D eigenvalue weighted by atomic mass is 9.83. The third kappa shape index (κ3) is 5.37. The van der Waals surface area contributed by atoms with Crippen LogP contribution in [0.25, 0.3) is 11.1 Å². The summed E-state index contributed by atoms with van der Waals surface area (Å²) in [6.45, 7) is 0. The largest absolute Gasteiger partial charge is 0.432 e. The number of ether oxygens (including phenoxy) is 1. The second-order valence-corrected chi connectivity index (χ2v) is 8.49. The summed E-state index contributed by atoms with van der Waals surface area (Å²) in [5.41, 5.74) is 0.923. The molecule has 1 aliphatic rings. The molecule has 1 fully saturated rings. The average molecular weight is 482 g/mol. The highest BCUT2D eigenvalue weighted by Gasteiger charge is 2.35. The van der Waals surface area contributed by atoms with Gasteiger partial charge in [-0.05, 0) is 47.6 Å². The van der Waals surface area contributed by atoms with Gasteiger partial charge >= 0.3 is 6.11 Å². The van der Waals surface area contributed by atoms with Crippen LogP contribution in [0.3, 0.4) is 0 Å². The summed E-state index contributed by atoms with van der Waals surface area (Å²) in [4.78, 5) is 0. The molecule has 34 heavy (non-hydrogen) atoms. The van der Waals surface area contributed by atoms with Gasteiger partial charge in [0.25, 0.3) is 0 Å². The van der Waals surface area contributed by atoms with Gasteiger partial charge in [0.05, 0.1) is 6.42 Å². The first-order chi connectivity index (χ1) is 16.1. The van der Waals surface area contributed by atoms with E-state index in [0.717, 1.165) is 30.5 Å². The number of halogens is 7. The zero-order valence-corrected chi connectivity index (χ0v) is 18.0. The summed E-state index contributed by atoms with van der Waals surface area (Å²) in [5, 5.41) is 0. The predicted molar refractivity (Wildman–Crippen MR) is 113 cm³/mol. The highest BCUT2D eigenvalue weighted by Crippen LogP contribution is 2.35. The molecule has 0 unspecified atom stereocenters. The number of benzene rings is 3. The second-order valence-electron chi connectivity index (χ2n) is 8.49. The van der Waals surface area contributed by atoms with Crippen molar-refractivity contribution in [1.29, 1.82) is 0 Å². The van der Waals surface area contributed by atoms with E-state index in [4.69, 9.17) is 0 Å². The zero-order valence-electron chi connectivity index (χ0n) is 18.0. The molecule has 0 aliphatic heterocycles. The van der Waals surface area contributed by atoms with E-state index in [9.17, 15) is 30.7 Å². The zero-order chi connectivity index (χ0) is 24.5. The van der Waals surface area contributed by atoms with Gasteiger partial charge in [-0.1, -0.05) is 43.5 Å². The van der Waals surface area contributed by atoms with Crippen LogP contribution in [0.5, 0.6) is 5.75 Å². The van der Waals surface area contributed by atoms with Crippen LogP contribution in [0.4, 0.5) is 30.7 Å². The Labute approximate surface area is 192 Å². The summed E-state index contributed by atoms with van der Waals surface area (Å²) in [7, 11) is 0. The Bertz CT molecular complexity index is 1120. The van der Waals surface area contributed by atoms with E-state index in [1.807, 2.05) is 12.1 Å². The molecular weight excluding hydrogens is 461 g/mol. The van der Waals surface area contributed by atoms with Gasteiger partial charge in [0, 0.05) is 17.7 Å². The van der Waals surface area contributed by atoms with E-state index in [1.54, 1.807) is 12.1 Å². The minimum Gasteiger partial charge on any atom is -0.432 e. The molecule has 180 valence electrons. The third-order valence-electron chi connectivity index (χ3n) is 6.07. The molecule has 0 atom stereocenters. The van der Waals surface area contributed by atoms with Crippen molar-refractivity contribution in [2.45, 2.75) is 50.6 Å². The van der Waals surface area contributed by atoms with Gasteiger partial charge in [0.15, 0.2) is 17.5 Å². The number of hydrogen-bond acceptors (Lipinski definition) is 1. The predicted octanol–water partition coefficient (Wildman–Crippen LogP) is 8.31. The van der Waals surface area contributed by atoms with Crippen LogP contribution in [0.2, 0.25) is 0 Å². The number of alkyl halides is 2. The summed E-state index contributed by atoms with van der Waals surface area (Å²) in [6.07, 6.45) is 0.0118. The van der Waals surface area contributed by atoms with Gasteiger partial charge in [-0.15, -0.1) is 0 Å². The molecule has 3 aromatic rings. The van der Waals surface area contributed by atoms with Crippen LogP contribution in [0.1, 0.15) is 49.1 Å². The van der Waals surface area contributed by atoms with Crippen molar-refractivity contribution in [3.63, 3.8) is 0 Å². The molecule has 1 nitrogen and oxygen atoms in total. The minimum absolute atomic E-state index is 0.181. The van der Waals surface area contributed by atoms with Gasteiger partial charge in [0.2, 0.25) is 0 Å². The normalized spacial score (nSPS) is 14.9. The summed E-state index contributed by atoms with van der Waals surface area (Å²) in [6, 6.07) is 9.65. The van der Waals surface area contributed by atoms with E-state index < -0.39 is 52.9 Å². The SMILES string of the molecule is Fc1cc(OC(F)(F)Cc2c(F)cc(-c3ccc(C4CCCCC4)cc3)cc2F)cc(F)c1F. The van der Waals surface area contributed by atoms with E-state index in [2.05, 4.69) is 4.74 Å². The third-order valence-corrected chi connectivity index (χ3v) is 6.07. The standard InChI is InChI=1S/C26H21F7O/c27-21-10-18(17-8-6-16(7-9-17)15-4-2-1-3-5-15)11-22(28)20(21)14-26(32,33)34-19-12-23(29)25(31)24(30)13-19/h6-13,15H,1-5,14H2. The quantitative estimate of drug-likeness (QED) is 0.254. The molecule has 0 bridgehead atoms. The van der Waals surface area contributed by atoms with E-state index >= 15 is 0 Å². The van der Waals surface area contributed by atoms with Crippen LogP contribution in [-0.2, 0) is 6.42 Å². The van der Waals surface area contributed by atoms with Crippen LogP contribution in [0, 0.1) is 29.1 Å². The summed E-state index contributed by atoms with van der Waals surface area (Å²) < 4.78 is 101. The maximum absolute atomic E-state index is 14.6. The van der Waals surface area contributed by atoms with Crippen molar-refractivity contribution >= 4 is 0 Å². The van der Waals surface area contributed by atoms with Gasteiger partial charge in [-0.3, -0.25) is 0 Å². The Morgan fingerprint density at radius 2 is 1.26 bits per heavy atom. The Kier molecular flexibility index (Phi) is 6.86. The lowest BCUT2D eigenvalue weighted by Gasteiger charge is -2.22. The van der Waals surface area contributed by atoms with Crippen molar-refractivity contribution in [2.75, 3.05) is 0 Å². The van der Waals surface area contributed by atoms with Crippen molar-refractivity contribution in [2.24, 2.45) is 0 Å². The topological polar surface area (TPSA) is 9.23 Å². The fourth-order valence-electron chi connectivity index (χ4n) is 4.33. The highest BCUT2D eigenvalue weighted by atomic mass is 19.3. The van der Waals surface area contributed by atoms with E-state index in [1.165, 1.54) is 19.3 Å². The molecule has 1 saturated carbocycles. The molecule has 4 rings (SSSR count). The van der Waals surface area contributed by atoms with E-state index in [0.29, 0.717) is 11.5 Å². The molecule has 3 aromatic carbocycles. The Morgan fingerprint density at radius 1 is 0.706 bits per heavy atom. The van der Waals surface area contributed by atoms with Gasteiger partial charge < -0.3 is 4.74 Å². The first-order valence-corrected chi connectivity index (χ1v) is 10.9. The molecule has 8 heteroatoms. The first-order valence-electron chi connectivity index (χ1n) is 10.9. The number of rotatable bonds is 6. The molecular formula is C26H21F7O. The highest BCUT2D eigenvalue weighted by molar-refractivity contribution is 5.64. The second kappa shape index (κ2) is 9.68. The summed E-state index contributed by atoms with van der Waals surface area (Å²) in [5.74, 6) is -8.31. The Hall–Kier alpha value is -3.03. The molecule has 1 aliphatic carbocycles. The molecule has 0 aromatic heterocycles. The van der Waals surface area contributed by atoms with Gasteiger partial charge in [-0.2, -0.15) is 8.78 Å². The fraction of sp³-hybridized carbons (Fsp3) is 0.308. The van der Waals surface area contributed by atoms with Crippen molar-refractivity contribution in [1.82, 2.24) is 0 Å². The maximum Gasteiger partial charge on any atom is 0.402 e. The average Bonchev–Trinajstić information content (AvgIpc) is 2.80. The maximum atomic E-state index is 14.6.